The summed E-state index contributed by atoms with van der Waals surface area (Å²) in [5, 5.41) is 11.4. The molecule has 19 heavy (non-hydrogen) atoms. The highest BCUT2D eigenvalue weighted by Gasteiger charge is 2.30. The number of amides is 1. The minimum Gasteiger partial charge on any atom is -0.346 e. The van der Waals surface area contributed by atoms with E-state index >= 15 is 0 Å². The molecule has 1 aliphatic carbocycles. The second-order valence-corrected chi connectivity index (χ2v) is 5.73. The first-order valence-electron chi connectivity index (χ1n) is 7.13. The zero-order chi connectivity index (χ0) is 13.4. The molecule has 0 spiro atoms. The highest BCUT2D eigenvalue weighted by Crippen LogP contribution is 2.25. The van der Waals surface area contributed by atoms with Gasteiger partial charge in [0.15, 0.2) is 5.82 Å². The number of hydrogen-bond donors (Lipinski definition) is 2. The summed E-state index contributed by atoms with van der Waals surface area (Å²) in [4.78, 5) is 12.2. The van der Waals surface area contributed by atoms with E-state index in [4.69, 9.17) is 5.73 Å². The van der Waals surface area contributed by atoms with Crippen LogP contribution >= 0.6 is 0 Å². The molecule has 6 nitrogen and oxygen atoms in total. The molecular weight excluding hydrogens is 242 g/mol. The Hall–Kier alpha value is -1.43. The number of aryl methyl sites for hydroxylation is 1. The van der Waals surface area contributed by atoms with E-state index in [0.717, 1.165) is 50.3 Å². The van der Waals surface area contributed by atoms with Crippen LogP contribution in [0.3, 0.4) is 0 Å². The van der Waals surface area contributed by atoms with Crippen LogP contribution in [0.15, 0.2) is 0 Å². The van der Waals surface area contributed by atoms with E-state index in [9.17, 15) is 4.79 Å². The van der Waals surface area contributed by atoms with Gasteiger partial charge in [-0.1, -0.05) is 0 Å². The summed E-state index contributed by atoms with van der Waals surface area (Å²) in [6.07, 6.45) is 4.77. The number of fused-ring (bicyclic) bond motifs is 1. The quantitative estimate of drug-likeness (QED) is 0.833. The Kier molecular flexibility index (Phi) is 3.26. The number of nitrogens with zero attached hydrogens (tertiary/aromatic N) is 3. The van der Waals surface area contributed by atoms with E-state index in [1.165, 1.54) is 0 Å². The average molecular weight is 263 g/mol. The Bertz CT molecular complexity index is 483. The van der Waals surface area contributed by atoms with Crippen molar-refractivity contribution < 1.29 is 4.79 Å². The first kappa shape index (κ1) is 12.6. The SMILES string of the molecule is CC(NC(=O)C1CCC(N)C1)c1nnc2n1CCC2. The van der Waals surface area contributed by atoms with Gasteiger partial charge in [0.05, 0.1) is 6.04 Å². The molecule has 0 aromatic carbocycles. The first-order valence-corrected chi connectivity index (χ1v) is 7.13. The Morgan fingerprint density at radius 1 is 1.47 bits per heavy atom. The molecule has 0 saturated heterocycles. The van der Waals surface area contributed by atoms with Crippen LogP contribution in [-0.2, 0) is 17.8 Å². The number of carbonyl (C=O) groups is 1. The molecule has 2 heterocycles. The maximum Gasteiger partial charge on any atom is 0.223 e. The van der Waals surface area contributed by atoms with Crippen LogP contribution in [0.1, 0.15) is 50.3 Å². The van der Waals surface area contributed by atoms with Gasteiger partial charge in [-0.25, -0.2) is 0 Å². The fourth-order valence-corrected chi connectivity index (χ4v) is 3.14. The molecular formula is C13H21N5O. The second kappa shape index (κ2) is 4.92. The van der Waals surface area contributed by atoms with Gasteiger partial charge in [0.25, 0.3) is 0 Å². The summed E-state index contributed by atoms with van der Waals surface area (Å²) < 4.78 is 2.13. The Balaban J connectivity index is 1.64. The third-order valence-electron chi connectivity index (χ3n) is 4.23. The molecule has 3 atom stereocenters. The molecule has 1 amide bonds. The van der Waals surface area contributed by atoms with Crippen LogP contribution in [0.25, 0.3) is 0 Å². The molecule has 1 saturated carbocycles. The number of rotatable bonds is 3. The summed E-state index contributed by atoms with van der Waals surface area (Å²) >= 11 is 0. The average Bonchev–Trinajstić information content (AvgIpc) is 3.02. The van der Waals surface area contributed by atoms with E-state index in [1.807, 2.05) is 6.92 Å². The number of carbonyl (C=O) groups excluding carboxylic acids is 1. The lowest BCUT2D eigenvalue weighted by molar-refractivity contribution is -0.125. The van der Waals surface area contributed by atoms with Crippen molar-refractivity contribution in [2.24, 2.45) is 11.7 Å². The van der Waals surface area contributed by atoms with Crippen LogP contribution in [0.2, 0.25) is 0 Å². The Labute approximate surface area is 112 Å². The van der Waals surface area contributed by atoms with Crippen molar-refractivity contribution in [3.8, 4) is 0 Å². The summed E-state index contributed by atoms with van der Waals surface area (Å²) in [6, 6.07) is 0.104. The summed E-state index contributed by atoms with van der Waals surface area (Å²) in [6.45, 7) is 2.94. The fourth-order valence-electron chi connectivity index (χ4n) is 3.14. The van der Waals surface area contributed by atoms with Crippen molar-refractivity contribution >= 4 is 5.91 Å². The normalized spacial score (nSPS) is 27.3. The smallest absolute Gasteiger partial charge is 0.223 e. The van der Waals surface area contributed by atoms with Crippen LogP contribution < -0.4 is 11.1 Å². The number of nitrogens with one attached hydrogen (secondary N) is 1. The molecule has 104 valence electrons. The molecule has 1 aromatic rings. The lowest BCUT2D eigenvalue weighted by atomic mass is 10.1. The van der Waals surface area contributed by atoms with Crippen molar-refractivity contribution in [2.75, 3.05) is 0 Å². The molecule has 1 fully saturated rings. The minimum atomic E-state index is -0.0799. The summed E-state index contributed by atoms with van der Waals surface area (Å²) in [5.41, 5.74) is 5.86. The molecule has 3 unspecified atom stereocenters. The zero-order valence-corrected chi connectivity index (χ0v) is 11.3. The largest absolute Gasteiger partial charge is 0.346 e. The predicted molar refractivity (Wildman–Crippen MR) is 70.2 cm³/mol. The summed E-state index contributed by atoms with van der Waals surface area (Å²) in [7, 11) is 0. The first-order chi connectivity index (χ1) is 9.15. The zero-order valence-electron chi connectivity index (χ0n) is 11.3. The maximum atomic E-state index is 12.2. The monoisotopic (exact) mass is 263 g/mol. The van der Waals surface area contributed by atoms with E-state index in [2.05, 4.69) is 20.1 Å². The summed E-state index contributed by atoms with van der Waals surface area (Å²) in [5.74, 6) is 2.09. The van der Waals surface area contributed by atoms with Gasteiger partial charge in [-0.2, -0.15) is 0 Å². The van der Waals surface area contributed by atoms with Gasteiger partial charge in [0.1, 0.15) is 5.82 Å². The van der Waals surface area contributed by atoms with Crippen LogP contribution in [0.4, 0.5) is 0 Å². The van der Waals surface area contributed by atoms with Gasteiger partial charge >= 0.3 is 0 Å². The van der Waals surface area contributed by atoms with Gasteiger partial charge in [0, 0.05) is 24.9 Å². The van der Waals surface area contributed by atoms with Crippen LogP contribution in [0, 0.1) is 5.92 Å². The molecule has 2 aliphatic rings. The minimum absolute atomic E-state index is 0.0680. The van der Waals surface area contributed by atoms with Gasteiger partial charge < -0.3 is 15.6 Å². The van der Waals surface area contributed by atoms with Gasteiger partial charge in [-0.15, -0.1) is 10.2 Å². The van der Waals surface area contributed by atoms with Crippen molar-refractivity contribution in [1.82, 2.24) is 20.1 Å². The van der Waals surface area contributed by atoms with Gasteiger partial charge in [-0.3, -0.25) is 4.79 Å². The highest BCUT2D eigenvalue weighted by molar-refractivity contribution is 5.79. The van der Waals surface area contributed by atoms with E-state index < -0.39 is 0 Å². The van der Waals surface area contributed by atoms with Crippen LogP contribution in [-0.4, -0.2) is 26.7 Å². The van der Waals surface area contributed by atoms with E-state index in [-0.39, 0.29) is 23.9 Å². The predicted octanol–water partition coefficient (Wildman–Crippen LogP) is 0.529. The van der Waals surface area contributed by atoms with Crippen molar-refractivity contribution in [3.05, 3.63) is 11.6 Å². The van der Waals surface area contributed by atoms with Crippen LogP contribution in [0.5, 0.6) is 0 Å². The molecule has 1 aliphatic heterocycles. The lowest BCUT2D eigenvalue weighted by Gasteiger charge is -2.16. The third-order valence-corrected chi connectivity index (χ3v) is 4.23. The molecule has 3 N–H and O–H groups in total. The molecule has 3 rings (SSSR count). The highest BCUT2D eigenvalue weighted by atomic mass is 16.2. The number of hydrogen-bond acceptors (Lipinski definition) is 4. The van der Waals surface area contributed by atoms with Gasteiger partial charge in [0.2, 0.25) is 5.91 Å². The number of aromatic nitrogens is 3. The van der Waals surface area contributed by atoms with Crippen molar-refractivity contribution in [2.45, 2.75) is 57.7 Å². The maximum absolute atomic E-state index is 12.2. The Morgan fingerprint density at radius 3 is 3.05 bits per heavy atom. The van der Waals surface area contributed by atoms with E-state index in [1.54, 1.807) is 0 Å². The van der Waals surface area contributed by atoms with Crippen molar-refractivity contribution in [3.63, 3.8) is 0 Å². The molecule has 0 bridgehead atoms. The fraction of sp³-hybridized carbons (Fsp3) is 0.769. The number of nitrogens with two attached hydrogens (primary N) is 1. The Morgan fingerprint density at radius 2 is 2.32 bits per heavy atom. The molecule has 1 aromatic heterocycles. The van der Waals surface area contributed by atoms with Gasteiger partial charge in [-0.05, 0) is 32.6 Å². The van der Waals surface area contributed by atoms with E-state index in [0.29, 0.717) is 0 Å². The second-order valence-electron chi connectivity index (χ2n) is 5.73. The lowest BCUT2D eigenvalue weighted by Crippen LogP contribution is -2.33. The molecule has 6 heteroatoms. The molecule has 0 radical (unpaired) electrons. The third kappa shape index (κ3) is 2.36. The standard InChI is InChI=1S/C13H21N5O/c1-8(12-17-16-11-3-2-6-18(11)12)15-13(19)9-4-5-10(14)7-9/h8-10H,2-7,14H2,1H3,(H,15,19). The van der Waals surface area contributed by atoms with Crippen molar-refractivity contribution in [1.29, 1.82) is 0 Å². The topological polar surface area (TPSA) is 85.8 Å².